The molecular formula is C20H27NO2. The highest BCUT2D eigenvalue weighted by Gasteiger charge is 2.72. The molecule has 2 unspecified atom stereocenters. The molecule has 0 radical (unpaired) electrons. The van der Waals surface area contributed by atoms with Crippen molar-refractivity contribution in [3.8, 4) is 0 Å². The summed E-state index contributed by atoms with van der Waals surface area (Å²) in [5.41, 5.74) is 0.865. The van der Waals surface area contributed by atoms with E-state index in [-0.39, 0.29) is 22.5 Å². The van der Waals surface area contributed by atoms with E-state index in [4.69, 9.17) is 0 Å². The summed E-state index contributed by atoms with van der Waals surface area (Å²) in [6.07, 6.45) is 2.00. The molecule has 2 atom stereocenters. The van der Waals surface area contributed by atoms with E-state index in [1.807, 2.05) is 19.1 Å². The number of amides is 1. The first kappa shape index (κ1) is 16.2. The second kappa shape index (κ2) is 4.93. The highest BCUT2D eigenvalue weighted by atomic mass is 16.2. The van der Waals surface area contributed by atoms with Gasteiger partial charge in [-0.05, 0) is 41.9 Å². The zero-order chi connectivity index (χ0) is 17.0. The van der Waals surface area contributed by atoms with Crippen LogP contribution < -0.4 is 5.32 Å². The van der Waals surface area contributed by atoms with Gasteiger partial charge in [-0.25, -0.2) is 0 Å². The molecule has 2 fully saturated rings. The number of carbonyl (C=O) groups is 2. The summed E-state index contributed by atoms with van der Waals surface area (Å²) in [5.74, 6) is 0.730. The first-order chi connectivity index (χ1) is 10.6. The van der Waals surface area contributed by atoms with E-state index >= 15 is 0 Å². The van der Waals surface area contributed by atoms with Crippen LogP contribution >= 0.6 is 0 Å². The van der Waals surface area contributed by atoms with Crippen molar-refractivity contribution < 1.29 is 9.59 Å². The lowest BCUT2D eigenvalue weighted by atomic mass is 9.64. The molecule has 2 bridgehead atoms. The second-order valence-electron chi connectivity index (χ2n) is 8.37. The molecular weight excluding hydrogens is 286 g/mol. The Morgan fingerprint density at radius 3 is 2.13 bits per heavy atom. The molecule has 0 aromatic heterocycles. The van der Waals surface area contributed by atoms with Gasteiger partial charge in [-0.3, -0.25) is 9.59 Å². The van der Waals surface area contributed by atoms with Crippen molar-refractivity contribution in [1.29, 1.82) is 0 Å². The van der Waals surface area contributed by atoms with Gasteiger partial charge >= 0.3 is 0 Å². The van der Waals surface area contributed by atoms with Crippen LogP contribution in [0.15, 0.2) is 24.3 Å². The van der Waals surface area contributed by atoms with Crippen LogP contribution in [0.4, 0.5) is 5.69 Å². The minimum absolute atomic E-state index is 0.00868. The molecule has 2 aliphatic rings. The van der Waals surface area contributed by atoms with Crippen molar-refractivity contribution in [2.45, 2.75) is 59.8 Å². The summed E-state index contributed by atoms with van der Waals surface area (Å²) in [6.45, 7) is 10.5. The lowest BCUT2D eigenvalue weighted by molar-refractivity contribution is -0.131. The predicted octanol–water partition coefficient (Wildman–Crippen LogP) is 4.53. The normalized spacial score (nSPS) is 31.7. The van der Waals surface area contributed by atoms with E-state index in [0.717, 1.165) is 18.5 Å². The molecule has 124 valence electrons. The lowest BCUT2D eigenvalue weighted by Crippen LogP contribution is -2.43. The lowest BCUT2D eigenvalue weighted by Gasteiger charge is -2.38. The third kappa shape index (κ3) is 2.02. The fraction of sp³-hybridized carbons (Fsp3) is 0.600. The molecule has 1 amide bonds. The van der Waals surface area contributed by atoms with E-state index in [9.17, 15) is 9.59 Å². The van der Waals surface area contributed by atoms with Crippen LogP contribution in [0, 0.1) is 16.2 Å². The largest absolute Gasteiger partial charge is 0.326 e. The van der Waals surface area contributed by atoms with Crippen LogP contribution in [0.1, 0.15) is 65.4 Å². The maximum atomic E-state index is 13.1. The van der Waals surface area contributed by atoms with Gasteiger partial charge in [0.15, 0.2) is 0 Å². The van der Waals surface area contributed by atoms with Gasteiger partial charge in [-0.15, -0.1) is 0 Å². The summed E-state index contributed by atoms with van der Waals surface area (Å²) in [6, 6.07) is 8.03. The van der Waals surface area contributed by atoms with Gasteiger partial charge in [0.1, 0.15) is 5.78 Å². The Hall–Kier alpha value is -1.64. The van der Waals surface area contributed by atoms with Crippen LogP contribution in [0.3, 0.4) is 0 Å². The number of ketones is 1. The van der Waals surface area contributed by atoms with Gasteiger partial charge in [-0.2, -0.15) is 0 Å². The smallest absolute Gasteiger partial charge is 0.231 e. The quantitative estimate of drug-likeness (QED) is 0.891. The highest BCUT2D eigenvalue weighted by molar-refractivity contribution is 6.04. The number of nitrogens with one attached hydrogen (secondary N) is 1. The van der Waals surface area contributed by atoms with Crippen LogP contribution in [-0.2, 0) is 9.59 Å². The minimum atomic E-state index is -0.560. The number of benzene rings is 1. The van der Waals surface area contributed by atoms with Crippen molar-refractivity contribution in [3.63, 3.8) is 0 Å². The van der Waals surface area contributed by atoms with E-state index in [0.29, 0.717) is 12.3 Å². The minimum Gasteiger partial charge on any atom is -0.326 e. The number of hydrogen-bond acceptors (Lipinski definition) is 2. The Balaban J connectivity index is 1.85. The molecule has 0 saturated heterocycles. The van der Waals surface area contributed by atoms with Crippen LogP contribution in [0.25, 0.3) is 0 Å². The molecule has 3 heteroatoms. The van der Waals surface area contributed by atoms with E-state index in [1.54, 1.807) is 0 Å². The number of hydrogen-bond donors (Lipinski definition) is 1. The molecule has 2 saturated carbocycles. The van der Waals surface area contributed by atoms with E-state index < -0.39 is 5.41 Å². The Bertz CT molecular complexity index is 659. The van der Waals surface area contributed by atoms with Crippen molar-refractivity contribution in [3.05, 3.63) is 29.8 Å². The number of rotatable bonds is 3. The van der Waals surface area contributed by atoms with E-state index in [1.165, 1.54) is 5.56 Å². The van der Waals surface area contributed by atoms with Crippen molar-refractivity contribution in [2.24, 2.45) is 16.2 Å². The summed E-state index contributed by atoms with van der Waals surface area (Å²) < 4.78 is 0. The number of anilines is 1. The fourth-order valence-electron chi connectivity index (χ4n) is 4.56. The van der Waals surface area contributed by atoms with Gasteiger partial charge in [0.25, 0.3) is 0 Å². The second-order valence-corrected chi connectivity index (χ2v) is 8.37. The summed E-state index contributed by atoms with van der Waals surface area (Å²) in [4.78, 5) is 25.5. The van der Waals surface area contributed by atoms with Crippen LogP contribution in [-0.4, -0.2) is 11.7 Å². The zero-order valence-corrected chi connectivity index (χ0v) is 14.8. The van der Waals surface area contributed by atoms with Gasteiger partial charge in [0.2, 0.25) is 5.91 Å². The Morgan fingerprint density at radius 2 is 1.70 bits per heavy atom. The first-order valence-electron chi connectivity index (χ1n) is 8.59. The Morgan fingerprint density at radius 1 is 1.09 bits per heavy atom. The maximum absolute atomic E-state index is 13.1. The summed E-state index contributed by atoms with van der Waals surface area (Å²) in [7, 11) is 0. The van der Waals surface area contributed by atoms with Gasteiger partial charge < -0.3 is 5.32 Å². The maximum Gasteiger partial charge on any atom is 0.231 e. The average molecular weight is 313 g/mol. The van der Waals surface area contributed by atoms with E-state index in [2.05, 4.69) is 45.1 Å². The topological polar surface area (TPSA) is 46.2 Å². The fourth-order valence-corrected chi connectivity index (χ4v) is 4.56. The Kier molecular flexibility index (Phi) is 3.48. The molecule has 0 aliphatic heterocycles. The molecule has 1 aromatic rings. The predicted molar refractivity (Wildman–Crippen MR) is 92.3 cm³/mol. The highest BCUT2D eigenvalue weighted by Crippen LogP contribution is 2.70. The molecule has 1 N–H and O–H groups in total. The monoisotopic (exact) mass is 313 g/mol. The molecule has 3 rings (SSSR count). The SMILES string of the molecule is CC(C)c1ccc(NC(=O)C23CCC(C)(C(=O)C2)C3(C)C)cc1. The third-order valence-electron chi connectivity index (χ3n) is 6.98. The third-order valence-corrected chi connectivity index (χ3v) is 6.98. The summed E-state index contributed by atoms with van der Waals surface area (Å²) >= 11 is 0. The summed E-state index contributed by atoms with van der Waals surface area (Å²) in [5, 5.41) is 3.07. The zero-order valence-electron chi connectivity index (χ0n) is 14.8. The van der Waals surface area contributed by atoms with Crippen molar-refractivity contribution in [2.75, 3.05) is 5.32 Å². The molecule has 3 nitrogen and oxygen atoms in total. The first-order valence-corrected chi connectivity index (χ1v) is 8.59. The Labute approximate surface area is 138 Å². The molecule has 1 aromatic carbocycles. The molecule has 23 heavy (non-hydrogen) atoms. The molecule has 2 aliphatic carbocycles. The standard InChI is InChI=1S/C20H27NO2/c1-13(2)14-6-8-15(9-7-14)21-17(23)20-11-10-19(5,16(22)12-20)18(20,3)4/h6-9,13H,10-12H2,1-5H3,(H,21,23). The van der Waals surface area contributed by atoms with Crippen LogP contribution in [0.2, 0.25) is 0 Å². The number of carbonyl (C=O) groups excluding carboxylic acids is 2. The number of Topliss-reactive ketones (excluding diaryl/α,β-unsaturated/α-hetero) is 1. The van der Waals surface area contributed by atoms with Crippen LogP contribution in [0.5, 0.6) is 0 Å². The van der Waals surface area contributed by atoms with Crippen molar-refractivity contribution >= 4 is 17.4 Å². The molecule has 0 spiro atoms. The van der Waals surface area contributed by atoms with Gasteiger partial charge in [-0.1, -0.05) is 46.8 Å². The molecule has 0 heterocycles. The van der Waals surface area contributed by atoms with Gasteiger partial charge in [0.05, 0.1) is 5.41 Å². The average Bonchev–Trinajstić information content (AvgIpc) is 2.78. The van der Waals surface area contributed by atoms with Gasteiger partial charge in [0, 0.05) is 17.5 Å². The van der Waals surface area contributed by atoms with Crippen molar-refractivity contribution in [1.82, 2.24) is 0 Å². The number of fused-ring (bicyclic) bond motifs is 2.